The second-order valence-electron chi connectivity index (χ2n) is 6.01. The first kappa shape index (κ1) is 15.8. The molecule has 0 fully saturated rings. The summed E-state index contributed by atoms with van der Waals surface area (Å²) in [6.45, 7) is 7.17. The first-order chi connectivity index (χ1) is 10.2. The lowest BCUT2D eigenvalue weighted by atomic mass is 9.98. The lowest BCUT2D eigenvalue weighted by Gasteiger charge is -2.11. The topological polar surface area (TPSA) is 50.4 Å². The highest BCUT2D eigenvalue weighted by Gasteiger charge is 2.23. The molecule has 0 spiro atoms. The Kier molecular flexibility index (Phi) is 6.05. The molecule has 116 valence electrons. The Balaban J connectivity index is 1.62. The van der Waals surface area contributed by atoms with Crippen LogP contribution >= 0.6 is 0 Å². The number of benzene rings is 1. The van der Waals surface area contributed by atoms with E-state index >= 15 is 0 Å². The maximum atomic E-state index is 12.0. The van der Waals surface area contributed by atoms with Gasteiger partial charge < -0.3 is 15.4 Å². The van der Waals surface area contributed by atoms with E-state index in [9.17, 15) is 4.79 Å². The van der Waals surface area contributed by atoms with Gasteiger partial charge in [-0.1, -0.05) is 32.0 Å². The van der Waals surface area contributed by atoms with E-state index in [0.717, 1.165) is 25.3 Å². The van der Waals surface area contributed by atoms with Crippen molar-refractivity contribution in [1.82, 2.24) is 5.32 Å². The van der Waals surface area contributed by atoms with Crippen LogP contribution in [0.5, 0.6) is 0 Å². The van der Waals surface area contributed by atoms with Crippen molar-refractivity contribution in [2.45, 2.75) is 32.6 Å². The summed E-state index contributed by atoms with van der Waals surface area (Å²) >= 11 is 0. The van der Waals surface area contributed by atoms with Gasteiger partial charge in [0.15, 0.2) is 0 Å². The summed E-state index contributed by atoms with van der Waals surface area (Å²) in [6, 6.07) is 8.21. The molecule has 1 heterocycles. The van der Waals surface area contributed by atoms with E-state index in [1.54, 1.807) is 0 Å². The third-order valence-electron chi connectivity index (χ3n) is 3.78. The third kappa shape index (κ3) is 5.05. The zero-order chi connectivity index (χ0) is 15.1. The van der Waals surface area contributed by atoms with E-state index in [-0.39, 0.29) is 11.8 Å². The summed E-state index contributed by atoms with van der Waals surface area (Å²) in [4.78, 5) is 12.0. The summed E-state index contributed by atoms with van der Waals surface area (Å²) < 4.78 is 5.49. The van der Waals surface area contributed by atoms with Crippen molar-refractivity contribution in [2.75, 3.05) is 31.6 Å². The Bertz CT molecular complexity index is 460. The summed E-state index contributed by atoms with van der Waals surface area (Å²) in [7, 11) is 0. The van der Waals surface area contributed by atoms with Crippen LogP contribution in [-0.4, -0.2) is 32.2 Å². The van der Waals surface area contributed by atoms with E-state index in [0.29, 0.717) is 25.5 Å². The van der Waals surface area contributed by atoms with Gasteiger partial charge in [-0.2, -0.15) is 0 Å². The molecule has 1 atom stereocenters. The van der Waals surface area contributed by atoms with Gasteiger partial charge in [-0.05, 0) is 24.0 Å². The maximum Gasteiger partial charge on any atom is 0.220 e. The number of anilines is 1. The Labute approximate surface area is 127 Å². The number of carbonyl (C=O) groups is 1. The SMILES string of the molecule is CC(C)CCOCCNC(=O)CC1CNc2ccccc21. The Morgan fingerprint density at radius 2 is 2.19 bits per heavy atom. The van der Waals surface area contributed by atoms with Crippen molar-refractivity contribution >= 4 is 11.6 Å². The molecular formula is C17H26N2O2. The van der Waals surface area contributed by atoms with Crippen LogP contribution in [-0.2, 0) is 9.53 Å². The fourth-order valence-electron chi connectivity index (χ4n) is 2.52. The van der Waals surface area contributed by atoms with Crippen LogP contribution in [0.25, 0.3) is 0 Å². The first-order valence-corrected chi connectivity index (χ1v) is 7.84. The molecule has 1 aliphatic rings. The second kappa shape index (κ2) is 8.03. The molecule has 21 heavy (non-hydrogen) atoms. The summed E-state index contributed by atoms with van der Waals surface area (Å²) in [5, 5.41) is 6.28. The van der Waals surface area contributed by atoms with Crippen LogP contribution in [0.4, 0.5) is 5.69 Å². The Morgan fingerprint density at radius 3 is 3.00 bits per heavy atom. The standard InChI is InChI=1S/C17H26N2O2/c1-13(2)7-9-21-10-8-18-17(20)11-14-12-19-16-6-4-3-5-15(14)16/h3-6,13-14,19H,7-12H2,1-2H3,(H,18,20). The fraction of sp³-hybridized carbons (Fsp3) is 0.588. The monoisotopic (exact) mass is 290 g/mol. The fourth-order valence-corrected chi connectivity index (χ4v) is 2.52. The van der Waals surface area contributed by atoms with Gasteiger partial charge in [0.2, 0.25) is 5.91 Å². The molecular weight excluding hydrogens is 264 g/mol. The smallest absolute Gasteiger partial charge is 0.220 e. The number of para-hydroxylation sites is 1. The van der Waals surface area contributed by atoms with E-state index in [1.165, 1.54) is 5.56 Å². The number of ether oxygens (including phenoxy) is 1. The van der Waals surface area contributed by atoms with Crippen molar-refractivity contribution in [3.8, 4) is 0 Å². The van der Waals surface area contributed by atoms with Gasteiger partial charge in [-0.25, -0.2) is 0 Å². The lowest BCUT2D eigenvalue weighted by Crippen LogP contribution is -2.29. The molecule has 2 rings (SSSR count). The van der Waals surface area contributed by atoms with Gasteiger partial charge in [0.25, 0.3) is 0 Å². The molecule has 1 unspecified atom stereocenters. The van der Waals surface area contributed by atoms with Gasteiger partial charge in [0, 0.05) is 37.7 Å². The number of amides is 1. The first-order valence-electron chi connectivity index (χ1n) is 7.84. The van der Waals surface area contributed by atoms with Gasteiger partial charge >= 0.3 is 0 Å². The van der Waals surface area contributed by atoms with Crippen LogP contribution in [0, 0.1) is 5.92 Å². The lowest BCUT2D eigenvalue weighted by molar-refractivity contribution is -0.121. The number of rotatable bonds is 8. The van der Waals surface area contributed by atoms with Gasteiger partial charge in [0.05, 0.1) is 6.61 Å². The minimum atomic E-state index is 0.103. The maximum absolute atomic E-state index is 12.0. The second-order valence-corrected chi connectivity index (χ2v) is 6.01. The molecule has 1 aromatic rings. The van der Waals surface area contributed by atoms with Gasteiger partial charge in [-0.3, -0.25) is 4.79 Å². The Hall–Kier alpha value is -1.55. The molecule has 1 aliphatic heterocycles. The predicted octanol–water partition coefficient (Wildman–Crippen LogP) is 2.76. The quantitative estimate of drug-likeness (QED) is 0.724. The molecule has 4 heteroatoms. The zero-order valence-electron chi connectivity index (χ0n) is 13.0. The van der Waals surface area contributed by atoms with Crippen molar-refractivity contribution < 1.29 is 9.53 Å². The normalized spacial score (nSPS) is 16.6. The third-order valence-corrected chi connectivity index (χ3v) is 3.78. The molecule has 0 saturated carbocycles. The number of fused-ring (bicyclic) bond motifs is 1. The number of hydrogen-bond donors (Lipinski definition) is 2. The zero-order valence-corrected chi connectivity index (χ0v) is 13.0. The molecule has 0 radical (unpaired) electrons. The van der Waals surface area contributed by atoms with Crippen molar-refractivity contribution in [2.24, 2.45) is 5.92 Å². The molecule has 0 aliphatic carbocycles. The number of hydrogen-bond acceptors (Lipinski definition) is 3. The molecule has 1 aromatic carbocycles. The highest BCUT2D eigenvalue weighted by atomic mass is 16.5. The highest BCUT2D eigenvalue weighted by molar-refractivity contribution is 5.78. The van der Waals surface area contributed by atoms with Crippen LogP contribution in [0.15, 0.2) is 24.3 Å². The highest BCUT2D eigenvalue weighted by Crippen LogP contribution is 2.32. The summed E-state index contributed by atoms with van der Waals surface area (Å²) in [5.74, 6) is 1.04. The van der Waals surface area contributed by atoms with E-state index in [1.807, 2.05) is 12.1 Å². The molecule has 0 bridgehead atoms. The molecule has 0 aromatic heterocycles. The molecule has 4 nitrogen and oxygen atoms in total. The predicted molar refractivity (Wildman–Crippen MR) is 85.6 cm³/mol. The molecule has 2 N–H and O–H groups in total. The number of carbonyl (C=O) groups excluding carboxylic acids is 1. The molecule has 1 amide bonds. The average Bonchev–Trinajstić information content (AvgIpc) is 2.86. The van der Waals surface area contributed by atoms with Gasteiger partial charge in [0.1, 0.15) is 0 Å². The summed E-state index contributed by atoms with van der Waals surface area (Å²) in [6.07, 6.45) is 1.61. The van der Waals surface area contributed by atoms with Crippen LogP contribution < -0.4 is 10.6 Å². The van der Waals surface area contributed by atoms with Gasteiger partial charge in [-0.15, -0.1) is 0 Å². The van der Waals surface area contributed by atoms with Crippen LogP contribution in [0.2, 0.25) is 0 Å². The number of nitrogens with one attached hydrogen (secondary N) is 2. The van der Waals surface area contributed by atoms with E-state index < -0.39 is 0 Å². The van der Waals surface area contributed by atoms with Crippen molar-refractivity contribution in [1.29, 1.82) is 0 Å². The minimum Gasteiger partial charge on any atom is -0.384 e. The van der Waals surface area contributed by atoms with E-state index in [4.69, 9.17) is 4.74 Å². The average molecular weight is 290 g/mol. The van der Waals surface area contributed by atoms with Crippen LogP contribution in [0.1, 0.15) is 38.2 Å². The minimum absolute atomic E-state index is 0.103. The van der Waals surface area contributed by atoms with Crippen molar-refractivity contribution in [3.05, 3.63) is 29.8 Å². The van der Waals surface area contributed by atoms with Crippen molar-refractivity contribution in [3.63, 3.8) is 0 Å². The molecule has 0 saturated heterocycles. The summed E-state index contributed by atoms with van der Waals surface area (Å²) in [5.41, 5.74) is 2.41. The largest absolute Gasteiger partial charge is 0.384 e. The Morgan fingerprint density at radius 1 is 1.38 bits per heavy atom. The van der Waals surface area contributed by atoms with Crippen LogP contribution in [0.3, 0.4) is 0 Å². The van der Waals surface area contributed by atoms with E-state index in [2.05, 4.69) is 36.6 Å².